The van der Waals surface area contributed by atoms with Crippen molar-refractivity contribution in [2.45, 2.75) is 67.1 Å². The molecule has 2 unspecified atom stereocenters. The standard InChI is InChI=1S/C20H40NO5PS2/c1-16(2)18(5)26-27(23,25-17(3)4)29-15-14-28-19(22)20(6,7)8-9-21-10-12-24-13-11-21/h16-18H,8-15H2,1-7H3. The summed E-state index contributed by atoms with van der Waals surface area (Å²) in [4.78, 5) is 15.0. The van der Waals surface area contributed by atoms with E-state index in [0.29, 0.717) is 11.5 Å². The molecule has 0 N–H and O–H groups in total. The van der Waals surface area contributed by atoms with Crippen molar-refractivity contribution >= 4 is 35.1 Å². The van der Waals surface area contributed by atoms with E-state index in [4.69, 9.17) is 13.8 Å². The van der Waals surface area contributed by atoms with E-state index in [9.17, 15) is 9.36 Å². The van der Waals surface area contributed by atoms with Gasteiger partial charge in [-0.15, -0.1) is 0 Å². The second-order valence-corrected chi connectivity index (χ2v) is 13.9. The van der Waals surface area contributed by atoms with Crippen molar-refractivity contribution < 1.29 is 23.1 Å². The Labute approximate surface area is 185 Å². The highest BCUT2D eigenvalue weighted by Gasteiger charge is 2.32. The second-order valence-electron chi connectivity index (χ2n) is 8.71. The van der Waals surface area contributed by atoms with Gasteiger partial charge in [0.15, 0.2) is 5.12 Å². The average molecular weight is 470 g/mol. The fourth-order valence-electron chi connectivity index (χ4n) is 2.51. The lowest BCUT2D eigenvalue weighted by Gasteiger charge is -2.30. The molecule has 0 aromatic rings. The van der Waals surface area contributed by atoms with Crippen molar-refractivity contribution in [3.05, 3.63) is 0 Å². The SMILES string of the molecule is CC(C)OP(=O)(OC(C)C(C)C)SCCSC(=O)C(C)(C)CCN1CCOCC1. The summed E-state index contributed by atoms with van der Waals surface area (Å²) in [6, 6.07) is 0. The molecule has 0 amide bonds. The van der Waals surface area contributed by atoms with Crippen LogP contribution in [0.1, 0.15) is 54.9 Å². The Morgan fingerprint density at radius 1 is 1.10 bits per heavy atom. The quantitative estimate of drug-likeness (QED) is 0.265. The second kappa shape index (κ2) is 13.1. The minimum Gasteiger partial charge on any atom is -0.379 e. The molecule has 0 bridgehead atoms. The number of nitrogens with zero attached hydrogens (tertiary/aromatic N) is 1. The molecule has 172 valence electrons. The predicted octanol–water partition coefficient (Wildman–Crippen LogP) is 5.32. The van der Waals surface area contributed by atoms with E-state index < -0.39 is 6.80 Å². The summed E-state index contributed by atoms with van der Waals surface area (Å²) in [7, 11) is 0. The van der Waals surface area contributed by atoms with Crippen molar-refractivity contribution in [3.8, 4) is 0 Å². The molecule has 9 heteroatoms. The highest BCUT2D eigenvalue weighted by molar-refractivity contribution is 8.55. The molecule has 0 saturated carbocycles. The molecule has 1 heterocycles. The van der Waals surface area contributed by atoms with Crippen LogP contribution in [0.2, 0.25) is 0 Å². The van der Waals surface area contributed by atoms with Crippen molar-refractivity contribution in [1.82, 2.24) is 4.90 Å². The zero-order valence-electron chi connectivity index (χ0n) is 19.1. The lowest BCUT2D eigenvalue weighted by Crippen LogP contribution is -2.39. The lowest BCUT2D eigenvalue weighted by molar-refractivity contribution is -0.118. The summed E-state index contributed by atoms with van der Waals surface area (Å²) in [5.41, 5.74) is -0.381. The Bertz CT molecular complexity index is 539. The molecular formula is C20H40NO5PS2. The Balaban J connectivity index is 2.43. The van der Waals surface area contributed by atoms with E-state index in [0.717, 1.165) is 39.3 Å². The van der Waals surface area contributed by atoms with Crippen LogP contribution < -0.4 is 0 Å². The zero-order valence-corrected chi connectivity index (χ0v) is 21.7. The Kier molecular flexibility index (Phi) is 12.4. The number of hydrogen-bond acceptors (Lipinski definition) is 8. The molecule has 2 atom stereocenters. The third kappa shape index (κ3) is 11.0. The van der Waals surface area contributed by atoms with Gasteiger partial charge in [-0.1, -0.05) is 39.5 Å². The van der Waals surface area contributed by atoms with Gasteiger partial charge in [0.1, 0.15) is 0 Å². The molecule has 1 aliphatic heterocycles. The number of carbonyl (C=O) groups is 1. The molecule has 1 aliphatic rings. The van der Waals surface area contributed by atoms with E-state index in [2.05, 4.69) is 4.90 Å². The molecule has 0 spiro atoms. The van der Waals surface area contributed by atoms with Gasteiger partial charge >= 0.3 is 6.80 Å². The Morgan fingerprint density at radius 2 is 1.72 bits per heavy atom. The van der Waals surface area contributed by atoms with E-state index in [1.165, 1.54) is 23.1 Å². The van der Waals surface area contributed by atoms with Gasteiger partial charge in [-0.25, -0.2) is 4.57 Å². The van der Waals surface area contributed by atoms with E-state index >= 15 is 0 Å². The monoisotopic (exact) mass is 469 g/mol. The van der Waals surface area contributed by atoms with Crippen molar-refractivity contribution in [2.24, 2.45) is 11.3 Å². The molecule has 0 radical (unpaired) electrons. The summed E-state index contributed by atoms with van der Waals surface area (Å²) < 4.78 is 29.8. The largest absolute Gasteiger partial charge is 0.389 e. The smallest absolute Gasteiger partial charge is 0.379 e. The first-order valence-corrected chi connectivity index (χ1v) is 14.7. The van der Waals surface area contributed by atoms with Crippen LogP contribution >= 0.6 is 29.9 Å². The van der Waals surface area contributed by atoms with Crippen LogP contribution in [0.5, 0.6) is 0 Å². The highest BCUT2D eigenvalue weighted by atomic mass is 32.7. The van der Waals surface area contributed by atoms with Gasteiger partial charge in [-0.05, 0) is 51.0 Å². The van der Waals surface area contributed by atoms with Gasteiger partial charge in [-0.2, -0.15) is 0 Å². The molecule has 6 nitrogen and oxygen atoms in total. The number of ether oxygens (including phenoxy) is 1. The van der Waals surface area contributed by atoms with Gasteiger partial charge in [-0.3, -0.25) is 18.7 Å². The molecule has 1 fully saturated rings. The van der Waals surface area contributed by atoms with Crippen molar-refractivity contribution in [1.29, 1.82) is 0 Å². The molecule has 1 saturated heterocycles. The van der Waals surface area contributed by atoms with Crippen LogP contribution in [0, 0.1) is 11.3 Å². The summed E-state index contributed by atoms with van der Waals surface area (Å²) in [6.45, 7) is 14.8. The van der Waals surface area contributed by atoms with Gasteiger partial charge < -0.3 is 4.74 Å². The molecular weight excluding hydrogens is 429 g/mol. The molecule has 29 heavy (non-hydrogen) atoms. The summed E-state index contributed by atoms with van der Waals surface area (Å²) >= 11 is 2.52. The first kappa shape index (κ1) is 27.5. The van der Waals surface area contributed by atoms with Gasteiger partial charge in [0.25, 0.3) is 0 Å². The number of thioether (sulfide) groups is 1. The van der Waals surface area contributed by atoms with Crippen LogP contribution in [0.3, 0.4) is 0 Å². The maximum Gasteiger partial charge on any atom is 0.389 e. The molecule has 1 rings (SSSR count). The molecule has 0 aromatic carbocycles. The van der Waals surface area contributed by atoms with Crippen LogP contribution in [-0.4, -0.2) is 66.6 Å². The normalized spacial score (nSPS) is 19.5. The first-order chi connectivity index (χ1) is 13.4. The summed E-state index contributed by atoms with van der Waals surface area (Å²) in [5.74, 6) is 1.39. The number of rotatable bonds is 13. The molecule has 0 aromatic heterocycles. The van der Waals surface area contributed by atoms with Crippen LogP contribution in [0.25, 0.3) is 0 Å². The van der Waals surface area contributed by atoms with E-state index in [-0.39, 0.29) is 28.7 Å². The number of carbonyl (C=O) groups excluding carboxylic acids is 1. The highest BCUT2D eigenvalue weighted by Crippen LogP contribution is 2.62. The molecule has 0 aliphatic carbocycles. The third-order valence-electron chi connectivity index (χ3n) is 4.85. The summed E-state index contributed by atoms with van der Waals surface area (Å²) in [5, 5.41) is 0.183. The van der Waals surface area contributed by atoms with E-state index in [1.54, 1.807) is 0 Å². The van der Waals surface area contributed by atoms with Crippen molar-refractivity contribution in [2.75, 3.05) is 44.4 Å². The van der Waals surface area contributed by atoms with Gasteiger partial charge in [0, 0.05) is 30.0 Å². The lowest BCUT2D eigenvalue weighted by atomic mass is 9.91. The van der Waals surface area contributed by atoms with Gasteiger partial charge in [0.2, 0.25) is 0 Å². The van der Waals surface area contributed by atoms with Crippen LogP contribution in [0.15, 0.2) is 0 Å². The minimum atomic E-state index is -3.24. The topological polar surface area (TPSA) is 65.1 Å². The fraction of sp³-hybridized carbons (Fsp3) is 0.950. The maximum atomic E-state index is 13.1. The average Bonchev–Trinajstić information content (AvgIpc) is 2.63. The minimum absolute atomic E-state index is 0.152. The summed E-state index contributed by atoms with van der Waals surface area (Å²) in [6.07, 6.45) is 0.497. The predicted molar refractivity (Wildman–Crippen MR) is 125 cm³/mol. The number of morpholine rings is 1. The van der Waals surface area contributed by atoms with E-state index in [1.807, 2.05) is 48.5 Å². The Morgan fingerprint density at radius 3 is 2.28 bits per heavy atom. The first-order valence-electron chi connectivity index (χ1n) is 10.5. The maximum absolute atomic E-state index is 13.1. The van der Waals surface area contributed by atoms with Gasteiger partial charge in [0.05, 0.1) is 25.4 Å². The zero-order chi connectivity index (χ0) is 22.1. The van der Waals surface area contributed by atoms with Crippen molar-refractivity contribution in [3.63, 3.8) is 0 Å². The number of hydrogen-bond donors (Lipinski definition) is 0. The third-order valence-corrected chi connectivity index (χ3v) is 10.3. The van der Waals surface area contributed by atoms with Crippen LogP contribution in [-0.2, 0) is 23.1 Å². The fourth-order valence-corrected chi connectivity index (χ4v) is 8.01. The van der Waals surface area contributed by atoms with Crippen LogP contribution in [0.4, 0.5) is 0 Å². The Hall–Kier alpha value is 0.440.